The summed E-state index contributed by atoms with van der Waals surface area (Å²) in [6.07, 6.45) is 6.32. The highest BCUT2D eigenvalue weighted by atomic mass is 19.1. The van der Waals surface area contributed by atoms with E-state index in [0.29, 0.717) is 18.0 Å². The Morgan fingerprint density at radius 1 is 1.35 bits per heavy atom. The fourth-order valence-corrected chi connectivity index (χ4v) is 2.59. The molecule has 0 spiro atoms. The van der Waals surface area contributed by atoms with Crippen LogP contribution >= 0.6 is 0 Å². The van der Waals surface area contributed by atoms with Crippen LogP contribution in [0, 0.1) is 11.7 Å². The summed E-state index contributed by atoms with van der Waals surface area (Å²) in [4.78, 5) is 6.79. The van der Waals surface area contributed by atoms with Crippen LogP contribution < -0.4 is 10.2 Å². The van der Waals surface area contributed by atoms with Gasteiger partial charge in [0, 0.05) is 30.7 Å². The first-order valence-corrected chi connectivity index (χ1v) is 7.78. The van der Waals surface area contributed by atoms with Gasteiger partial charge in [-0.2, -0.15) is 0 Å². The van der Waals surface area contributed by atoms with Crippen molar-refractivity contribution in [1.29, 1.82) is 0 Å². The van der Waals surface area contributed by atoms with Crippen molar-refractivity contribution in [3.05, 3.63) is 23.6 Å². The third-order valence-corrected chi connectivity index (χ3v) is 3.89. The molecule has 0 aliphatic heterocycles. The maximum absolute atomic E-state index is 13.5. The van der Waals surface area contributed by atoms with Gasteiger partial charge in [0.1, 0.15) is 11.6 Å². The van der Waals surface area contributed by atoms with Gasteiger partial charge in [-0.05, 0) is 37.7 Å². The highest BCUT2D eigenvalue weighted by Gasteiger charge is 2.32. The minimum atomic E-state index is -0.235. The molecule has 0 radical (unpaired) electrons. The van der Waals surface area contributed by atoms with E-state index in [1.54, 1.807) is 6.07 Å². The molecule has 2 aliphatic carbocycles. The number of rotatable bonds is 7. The molecule has 0 unspecified atom stereocenters. The van der Waals surface area contributed by atoms with Crippen LogP contribution in [0.2, 0.25) is 0 Å². The molecule has 0 aromatic carbocycles. The minimum Gasteiger partial charge on any atom is -0.353 e. The fraction of sp³-hybridized carbons (Fsp3) is 0.688. The fourth-order valence-electron chi connectivity index (χ4n) is 2.59. The molecule has 2 aliphatic rings. The number of pyridine rings is 1. The first-order chi connectivity index (χ1) is 9.63. The molecule has 1 aromatic rings. The number of anilines is 1. The SMILES string of the molecule is CC(C)CN(c1ncc(F)cc1CNC1CC1)C1CC1. The van der Waals surface area contributed by atoms with Crippen molar-refractivity contribution in [3.8, 4) is 0 Å². The van der Waals surface area contributed by atoms with Crippen LogP contribution in [0.15, 0.2) is 12.3 Å². The maximum Gasteiger partial charge on any atom is 0.141 e. The number of hydrogen-bond donors (Lipinski definition) is 1. The molecule has 20 heavy (non-hydrogen) atoms. The zero-order valence-electron chi connectivity index (χ0n) is 12.4. The lowest BCUT2D eigenvalue weighted by Gasteiger charge is -2.27. The first-order valence-electron chi connectivity index (χ1n) is 7.78. The quantitative estimate of drug-likeness (QED) is 0.830. The molecule has 0 amide bonds. The monoisotopic (exact) mass is 277 g/mol. The van der Waals surface area contributed by atoms with Gasteiger partial charge in [-0.25, -0.2) is 9.37 Å². The van der Waals surface area contributed by atoms with Crippen LogP contribution in [0.4, 0.5) is 10.2 Å². The van der Waals surface area contributed by atoms with E-state index in [1.165, 1.54) is 31.9 Å². The molecule has 0 atom stereocenters. The second-order valence-electron chi connectivity index (χ2n) is 6.57. The molecule has 1 heterocycles. The maximum atomic E-state index is 13.5. The first kappa shape index (κ1) is 13.8. The number of aromatic nitrogens is 1. The van der Waals surface area contributed by atoms with Crippen molar-refractivity contribution in [2.75, 3.05) is 11.4 Å². The van der Waals surface area contributed by atoms with Crippen LogP contribution in [-0.4, -0.2) is 23.6 Å². The van der Waals surface area contributed by atoms with Gasteiger partial charge in [0.25, 0.3) is 0 Å². The summed E-state index contributed by atoms with van der Waals surface area (Å²) in [5.41, 5.74) is 1.00. The molecule has 2 fully saturated rings. The number of halogens is 1. The van der Waals surface area contributed by atoms with Crippen molar-refractivity contribution in [2.45, 2.75) is 58.2 Å². The Morgan fingerprint density at radius 3 is 2.70 bits per heavy atom. The van der Waals surface area contributed by atoms with Crippen LogP contribution in [-0.2, 0) is 6.54 Å². The molecule has 3 nitrogen and oxygen atoms in total. The zero-order chi connectivity index (χ0) is 14.1. The molecule has 1 aromatic heterocycles. The third-order valence-electron chi connectivity index (χ3n) is 3.89. The van der Waals surface area contributed by atoms with Crippen LogP contribution in [0.5, 0.6) is 0 Å². The molecule has 1 N–H and O–H groups in total. The van der Waals surface area contributed by atoms with Gasteiger partial charge in [0.05, 0.1) is 6.20 Å². The lowest BCUT2D eigenvalue weighted by Crippen LogP contribution is -2.32. The molecule has 0 saturated heterocycles. The van der Waals surface area contributed by atoms with Gasteiger partial charge in [-0.15, -0.1) is 0 Å². The van der Waals surface area contributed by atoms with Crippen molar-refractivity contribution < 1.29 is 4.39 Å². The van der Waals surface area contributed by atoms with Crippen molar-refractivity contribution in [2.24, 2.45) is 5.92 Å². The molecule has 2 saturated carbocycles. The second-order valence-corrected chi connectivity index (χ2v) is 6.57. The molecule has 110 valence electrons. The molecule has 3 rings (SSSR count). The predicted molar refractivity (Wildman–Crippen MR) is 79.3 cm³/mol. The van der Waals surface area contributed by atoms with E-state index in [2.05, 4.69) is 29.0 Å². The lowest BCUT2D eigenvalue weighted by molar-refractivity contribution is 0.586. The topological polar surface area (TPSA) is 28.2 Å². The Balaban J connectivity index is 1.80. The molecule has 4 heteroatoms. The number of hydrogen-bond acceptors (Lipinski definition) is 3. The standard InChI is InChI=1S/C16H24FN3/c1-11(2)10-20(15-5-6-15)16-12(7-13(17)9-19-16)8-18-14-3-4-14/h7,9,11,14-15,18H,3-6,8,10H2,1-2H3. The van der Waals surface area contributed by atoms with E-state index < -0.39 is 0 Å². The summed E-state index contributed by atoms with van der Waals surface area (Å²) in [5, 5.41) is 3.47. The molecule has 0 bridgehead atoms. The van der Waals surface area contributed by atoms with Gasteiger partial charge >= 0.3 is 0 Å². The van der Waals surface area contributed by atoms with E-state index in [1.807, 2.05) is 0 Å². The lowest BCUT2D eigenvalue weighted by atomic mass is 10.1. The minimum absolute atomic E-state index is 0.235. The Kier molecular flexibility index (Phi) is 3.92. The number of nitrogens with one attached hydrogen (secondary N) is 1. The third kappa shape index (κ3) is 3.48. The highest BCUT2D eigenvalue weighted by Crippen LogP contribution is 2.33. The Labute approximate surface area is 120 Å². The largest absolute Gasteiger partial charge is 0.353 e. The van der Waals surface area contributed by atoms with E-state index in [-0.39, 0.29) is 5.82 Å². The van der Waals surface area contributed by atoms with Crippen molar-refractivity contribution in [3.63, 3.8) is 0 Å². The van der Waals surface area contributed by atoms with Crippen LogP contribution in [0.3, 0.4) is 0 Å². The summed E-state index contributed by atoms with van der Waals surface area (Å²) in [6, 6.07) is 2.88. The summed E-state index contributed by atoms with van der Waals surface area (Å²) < 4.78 is 13.5. The van der Waals surface area contributed by atoms with Gasteiger partial charge in [0.15, 0.2) is 0 Å². The summed E-state index contributed by atoms with van der Waals surface area (Å²) in [6.45, 7) is 6.17. The Bertz CT molecular complexity index is 467. The summed E-state index contributed by atoms with van der Waals surface area (Å²) in [7, 11) is 0. The van der Waals surface area contributed by atoms with Gasteiger partial charge in [-0.3, -0.25) is 0 Å². The second kappa shape index (κ2) is 5.68. The average molecular weight is 277 g/mol. The van der Waals surface area contributed by atoms with Crippen molar-refractivity contribution >= 4 is 5.82 Å². The Hall–Kier alpha value is -1.16. The highest BCUT2D eigenvalue weighted by molar-refractivity contribution is 5.49. The predicted octanol–water partition coefficient (Wildman–Crippen LogP) is 3.10. The smallest absolute Gasteiger partial charge is 0.141 e. The van der Waals surface area contributed by atoms with Crippen LogP contribution in [0.1, 0.15) is 45.1 Å². The van der Waals surface area contributed by atoms with Gasteiger partial charge in [-0.1, -0.05) is 13.8 Å². The molecular weight excluding hydrogens is 253 g/mol. The van der Waals surface area contributed by atoms with Gasteiger partial charge in [0.2, 0.25) is 0 Å². The molecular formula is C16H24FN3. The average Bonchev–Trinajstić information content (AvgIpc) is 3.27. The normalized spacial score (nSPS) is 18.6. The van der Waals surface area contributed by atoms with E-state index in [0.717, 1.165) is 24.5 Å². The van der Waals surface area contributed by atoms with Crippen molar-refractivity contribution in [1.82, 2.24) is 10.3 Å². The summed E-state index contributed by atoms with van der Waals surface area (Å²) >= 11 is 0. The van der Waals surface area contributed by atoms with E-state index in [9.17, 15) is 4.39 Å². The van der Waals surface area contributed by atoms with Crippen LogP contribution in [0.25, 0.3) is 0 Å². The Morgan fingerprint density at radius 2 is 2.10 bits per heavy atom. The zero-order valence-corrected chi connectivity index (χ0v) is 12.4. The number of nitrogens with zero attached hydrogens (tertiary/aromatic N) is 2. The summed E-state index contributed by atoms with van der Waals surface area (Å²) in [5.74, 6) is 1.34. The van der Waals surface area contributed by atoms with E-state index >= 15 is 0 Å². The van der Waals surface area contributed by atoms with Gasteiger partial charge < -0.3 is 10.2 Å². The van der Waals surface area contributed by atoms with E-state index in [4.69, 9.17) is 0 Å².